The Morgan fingerprint density at radius 2 is 1.85 bits per heavy atom. The van der Waals surface area contributed by atoms with Crippen molar-refractivity contribution in [2.45, 2.75) is 6.61 Å². The third-order valence-corrected chi connectivity index (χ3v) is 2.65. The Balaban J connectivity index is 2.33. The van der Waals surface area contributed by atoms with Gasteiger partial charge in [-0.15, -0.1) is 0 Å². The van der Waals surface area contributed by atoms with Crippen LogP contribution in [0.4, 0.5) is 5.69 Å². The van der Waals surface area contributed by atoms with Gasteiger partial charge in [-0.25, -0.2) is 4.79 Å². The number of nitro groups is 1. The van der Waals surface area contributed by atoms with E-state index in [0.29, 0.717) is 0 Å². The van der Waals surface area contributed by atoms with E-state index in [0.717, 1.165) is 5.56 Å². The summed E-state index contributed by atoms with van der Waals surface area (Å²) in [6.07, 6.45) is 0. The van der Waals surface area contributed by atoms with Gasteiger partial charge >= 0.3 is 11.7 Å². The van der Waals surface area contributed by atoms with E-state index in [2.05, 4.69) is 0 Å². The number of aromatic carboxylic acids is 1. The normalized spacial score (nSPS) is 10.0. The molecule has 0 aliphatic heterocycles. The number of para-hydroxylation sites is 1. The van der Waals surface area contributed by atoms with E-state index >= 15 is 0 Å². The second kappa shape index (κ2) is 5.83. The predicted octanol–water partition coefficient (Wildman–Crippen LogP) is 2.87. The summed E-state index contributed by atoms with van der Waals surface area (Å²) < 4.78 is 5.35. The molecule has 0 saturated carbocycles. The van der Waals surface area contributed by atoms with Crippen molar-refractivity contribution in [3.8, 4) is 5.75 Å². The quantitative estimate of drug-likeness (QED) is 0.668. The van der Waals surface area contributed by atoms with Gasteiger partial charge in [0.1, 0.15) is 12.2 Å². The Labute approximate surface area is 114 Å². The molecular weight excluding hydrogens is 262 g/mol. The number of hydrogen-bond donors (Lipinski definition) is 1. The number of carboxylic acid groups (broad SMARTS) is 1. The molecule has 2 rings (SSSR count). The number of nitro benzene ring substituents is 1. The van der Waals surface area contributed by atoms with E-state index in [-0.39, 0.29) is 23.6 Å². The number of benzene rings is 2. The molecule has 2 aromatic rings. The van der Waals surface area contributed by atoms with Crippen LogP contribution in [0.25, 0.3) is 0 Å². The lowest BCUT2D eigenvalue weighted by molar-refractivity contribution is -0.386. The first-order chi connectivity index (χ1) is 9.59. The maximum Gasteiger partial charge on any atom is 0.339 e. The Morgan fingerprint density at radius 1 is 1.15 bits per heavy atom. The molecule has 20 heavy (non-hydrogen) atoms. The third kappa shape index (κ3) is 2.92. The molecule has 0 atom stereocenters. The van der Waals surface area contributed by atoms with E-state index in [1.54, 1.807) is 24.3 Å². The average molecular weight is 273 g/mol. The number of nitrogens with zero attached hydrogens (tertiary/aromatic N) is 1. The molecular formula is C14H11NO5. The van der Waals surface area contributed by atoms with Crippen LogP contribution in [0.15, 0.2) is 48.5 Å². The minimum absolute atomic E-state index is 0.0615. The maximum atomic E-state index is 11.1. The van der Waals surface area contributed by atoms with Crippen molar-refractivity contribution < 1.29 is 19.6 Å². The number of rotatable bonds is 5. The molecule has 0 radical (unpaired) electrons. The molecule has 1 N–H and O–H groups in total. The van der Waals surface area contributed by atoms with Crippen LogP contribution in [0.5, 0.6) is 5.75 Å². The predicted molar refractivity (Wildman–Crippen MR) is 70.8 cm³/mol. The molecule has 2 aromatic carbocycles. The molecule has 0 heterocycles. The molecule has 0 aromatic heterocycles. The van der Waals surface area contributed by atoms with Crippen LogP contribution in [0.2, 0.25) is 0 Å². The smallest absolute Gasteiger partial charge is 0.339 e. The maximum absolute atomic E-state index is 11.1. The largest absolute Gasteiger partial charge is 0.481 e. The fourth-order valence-electron chi connectivity index (χ4n) is 1.72. The lowest BCUT2D eigenvalue weighted by atomic mass is 10.1. The fraction of sp³-hybridized carbons (Fsp3) is 0.0714. The molecule has 0 bridgehead atoms. The Morgan fingerprint density at radius 3 is 2.45 bits per heavy atom. The highest BCUT2D eigenvalue weighted by molar-refractivity contribution is 5.92. The summed E-state index contributed by atoms with van der Waals surface area (Å²) in [5.41, 5.74) is 0.206. The van der Waals surface area contributed by atoms with Gasteiger partial charge in [0.05, 0.1) is 4.92 Å². The van der Waals surface area contributed by atoms with Gasteiger partial charge in [-0.1, -0.05) is 36.4 Å². The van der Waals surface area contributed by atoms with Crippen molar-refractivity contribution in [2.75, 3.05) is 0 Å². The Hall–Kier alpha value is -2.89. The molecule has 102 valence electrons. The zero-order chi connectivity index (χ0) is 14.5. The van der Waals surface area contributed by atoms with Gasteiger partial charge in [0.2, 0.25) is 5.75 Å². The van der Waals surface area contributed by atoms with Crippen LogP contribution in [0.1, 0.15) is 15.9 Å². The number of hydrogen-bond acceptors (Lipinski definition) is 4. The van der Waals surface area contributed by atoms with E-state index in [1.165, 1.54) is 18.2 Å². The van der Waals surface area contributed by atoms with Crippen LogP contribution in [0.3, 0.4) is 0 Å². The van der Waals surface area contributed by atoms with E-state index < -0.39 is 10.9 Å². The van der Waals surface area contributed by atoms with Crippen LogP contribution < -0.4 is 4.74 Å². The van der Waals surface area contributed by atoms with E-state index in [1.807, 2.05) is 6.07 Å². The molecule has 0 aliphatic carbocycles. The van der Waals surface area contributed by atoms with Crippen LogP contribution in [0, 0.1) is 10.1 Å². The second-order valence-corrected chi connectivity index (χ2v) is 3.99. The first-order valence-electron chi connectivity index (χ1n) is 5.77. The van der Waals surface area contributed by atoms with Crippen LogP contribution in [-0.2, 0) is 6.61 Å². The zero-order valence-corrected chi connectivity index (χ0v) is 10.4. The molecule has 6 heteroatoms. The lowest BCUT2D eigenvalue weighted by Crippen LogP contribution is -2.06. The van der Waals surface area contributed by atoms with Crippen LogP contribution >= 0.6 is 0 Å². The highest BCUT2D eigenvalue weighted by Crippen LogP contribution is 2.31. The highest BCUT2D eigenvalue weighted by atomic mass is 16.6. The SMILES string of the molecule is O=C(O)c1cccc([N+](=O)[O-])c1OCc1ccccc1. The van der Waals surface area contributed by atoms with Crippen molar-refractivity contribution in [1.29, 1.82) is 0 Å². The summed E-state index contributed by atoms with van der Waals surface area (Å²) in [5, 5.41) is 20.0. The van der Waals surface area contributed by atoms with Crippen molar-refractivity contribution in [1.82, 2.24) is 0 Å². The monoisotopic (exact) mass is 273 g/mol. The van der Waals surface area contributed by atoms with Gasteiger partial charge < -0.3 is 9.84 Å². The molecule has 0 fully saturated rings. The number of ether oxygens (including phenoxy) is 1. The minimum atomic E-state index is -1.27. The van der Waals surface area contributed by atoms with Crippen molar-refractivity contribution >= 4 is 11.7 Å². The van der Waals surface area contributed by atoms with Gasteiger partial charge in [0, 0.05) is 6.07 Å². The third-order valence-electron chi connectivity index (χ3n) is 2.65. The summed E-state index contributed by atoms with van der Waals surface area (Å²) in [5.74, 6) is -1.49. The van der Waals surface area contributed by atoms with Gasteiger partial charge in [-0.05, 0) is 11.6 Å². The van der Waals surface area contributed by atoms with E-state index in [4.69, 9.17) is 9.84 Å². The topological polar surface area (TPSA) is 89.7 Å². The van der Waals surface area contributed by atoms with Crippen molar-refractivity contribution in [3.05, 3.63) is 69.8 Å². The van der Waals surface area contributed by atoms with Gasteiger partial charge in [-0.2, -0.15) is 0 Å². The average Bonchev–Trinajstić information content (AvgIpc) is 2.45. The fourth-order valence-corrected chi connectivity index (χ4v) is 1.72. The molecule has 0 aliphatic rings. The van der Waals surface area contributed by atoms with Crippen LogP contribution in [-0.4, -0.2) is 16.0 Å². The summed E-state index contributed by atoms with van der Waals surface area (Å²) in [7, 11) is 0. The van der Waals surface area contributed by atoms with Gasteiger partial charge in [0.25, 0.3) is 0 Å². The summed E-state index contributed by atoms with van der Waals surface area (Å²) >= 11 is 0. The molecule has 0 unspecified atom stereocenters. The van der Waals surface area contributed by atoms with Gasteiger partial charge in [-0.3, -0.25) is 10.1 Å². The standard InChI is InChI=1S/C14H11NO5/c16-14(17)11-7-4-8-12(15(18)19)13(11)20-9-10-5-2-1-3-6-10/h1-8H,9H2,(H,16,17). The van der Waals surface area contributed by atoms with Crippen molar-refractivity contribution in [3.63, 3.8) is 0 Å². The lowest BCUT2D eigenvalue weighted by Gasteiger charge is -2.09. The molecule has 0 spiro atoms. The molecule has 0 saturated heterocycles. The van der Waals surface area contributed by atoms with E-state index in [9.17, 15) is 14.9 Å². The Kier molecular flexibility index (Phi) is 3.95. The zero-order valence-electron chi connectivity index (χ0n) is 10.4. The summed E-state index contributed by atoms with van der Waals surface area (Å²) in [4.78, 5) is 21.4. The number of carboxylic acids is 1. The number of carbonyl (C=O) groups is 1. The first kappa shape index (κ1) is 13.5. The van der Waals surface area contributed by atoms with Gasteiger partial charge in [0.15, 0.2) is 0 Å². The molecule has 0 amide bonds. The second-order valence-electron chi connectivity index (χ2n) is 3.99. The first-order valence-corrected chi connectivity index (χ1v) is 5.77. The minimum Gasteiger partial charge on any atom is -0.481 e. The Bertz CT molecular complexity index is 607. The van der Waals surface area contributed by atoms with Crippen molar-refractivity contribution in [2.24, 2.45) is 0 Å². The highest BCUT2D eigenvalue weighted by Gasteiger charge is 2.22. The molecule has 6 nitrogen and oxygen atoms in total. The summed E-state index contributed by atoms with van der Waals surface area (Å²) in [6.45, 7) is 0.0615. The summed E-state index contributed by atoms with van der Waals surface area (Å²) in [6, 6.07) is 12.8.